The molecule has 0 atom stereocenters. The van der Waals surface area contributed by atoms with Gasteiger partial charge >= 0.3 is 0 Å². The second kappa shape index (κ2) is 6.59. The van der Waals surface area contributed by atoms with Crippen molar-refractivity contribution in [1.82, 2.24) is 14.3 Å². The zero-order chi connectivity index (χ0) is 15.4. The van der Waals surface area contributed by atoms with E-state index < -0.39 is 0 Å². The summed E-state index contributed by atoms with van der Waals surface area (Å²) in [5, 5.41) is 0.600. The second-order valence-corrected chi connectivity index (χ2v) is 5.06. The fraction of sp³-hybridized carbons (Fsp3) is 0.250. The van der Waals surface area contributed by atoms with Crippen molar-refractivity contribution < 1.29 is 4.79 Å². The number of aryl methyl sites for hydroxylation is 1. The number of carbonyl (C=O) groups excluding carboxylic acids is 1. The molecular formula is C16H18ClN3O. The van der Waals surface area contributed by atoms with Crippen LogP contribution in [-0.4, -0.2) is 33.3 Å². The fourth-order valence-corrected chi connectivity index (χ4v) is 2.40. The predicted molar refractivity (Wildman–Crippen MR) is 85.9 cm³/mol. The van der Waals surface area contributed by atoms with Gasteiger partial charge in [0.05, 0.1) is 5.69 Å². The highest BCUT2D eigenvalue weighted by Gasteiger charge is 2.22. The number of imidazole rings is 1. The first-order valence-corrected chi connectivity index (χ1v) is 7.17. The van der Waals surface area contributed by atoms with E-state index in [1.165, 1.54) is 0 Å². The van der Waals surface area contributed by atoms with Gasteiger partial charge in [0, 0.05) is 30.4 Å². The summed E-state index contributed by atoms with van der Waals surface area (Å²) < 4.78 is 1.78. The second-order valence-electron chi connectivity index (χ2n) is 4.62. The normalized spacial score (nSPS) is 10.6. The number of rotatable bonds is 6. The van der Waals surface area contributed by atoms with Crippen molar-refractivity contribution in [3.05, 3.63) is 60.0 Å². The summed E-state index contributed by atoms with van der Waals surface area (Å²) >= 11 is 5.99. The number of halogens is 1. The molecule has 0 radical (unpaired) electrons. The first-order valence-electron chi connectivity index (χ1n) is 6.79. The summed E-state index contributed by atoms with van der Waals surface area (Å²) in [7, 11) is 0. The van der Waals surface area contributed by atoms with E-state index in [1.807, 2.05) is 6.92 Å². The zero-order valence-electron chi connectivity index (χ0n) is 12.1. The first kappa shape index (κ1) is 15.3. The molecule has 4 nitrogen and oxygen atoms in total. The molecule has 0 bridgehead atoms. The van der Waals surface area contributed by atoms with Crippen LogP contribution in [0.5, 0.6) is 0 Å². The molecule has 0 spiro atoms. The van der Waals surface area contributed by atoms with Crippen LogP contribution in [0.2, 0.25) is 5.02 Å². The van der Waals surface area contributed by atoms with E-state index >= 15 is 0 Å². The SMILES string of the molecule is C=CCN(CC=C)C(=O)c1c(CC)nc2cc(Cl)ccn12. The molecule has 0 unspecified atom stereocenters. The summed E-state index contributed by atoms with van der Waals surface area (Å²) in [4.78, 5) is 19.0. The standard InChI is InChI=1S/C16H18ClN3O/c1-4-8-19(9-5-2)16(21)15-13(6-3)18-14-11-12(17)7-10-20(14)15/h4-5,7,10-11H,1-2,6,8-9H2,3H3. The topological polar surface area (TPSA) is 37.6 Å². The van der Waals surface area contributed by atoms with Gasteiger partial charge in [0.15, 0.2) is 0 Å². The van der Waals surface area contributed by atoms with Crippen LogP contribution in [0.3, 0.4) is 0 Å². The lowest BCUT2D eigenvalue weighted by molar-refractivity contribution is 0.0783. The Morgan fingerprint density at radius 3 is 2.67 bits per heavy atom. The summed E-state index contributed by atoms with van der Waals surface area (Å²) in [6, 6.07) is 3.50. The smallest absolute Gasteiger partial charge is 0.273 e. The molecule has 21 heavy (non-hydrogen) atoms. The van der Waals surface area contributed by atoms with Crippen LogP contribution < -0.4 is 0 Å². The number of carbonyl (C=O) groups is 1. The lowest BCUT2D eigenvalue weighted by Crippen LogP contribution is -2.32. The maximum absolute atomic E-state index is 12.8. The van der Waals surface area contributed by atoms with Gasteiger partial charge in [-0.05, 0) is 12.5 Å². The number of amides is 1. The summed E-state index contributed by atoms with van der Waals surface area (Å²) in [5.41, 5.74) is 2.02. The molecule has 0 saturated heterocycles. The van der Waals surface area contributed by atoms with Crippen molar-refractivity contribution in [2.75, 3.05) is 13.1 Å². The van der Waals surface area contributed by atoms with Crippen LogP contribution in [0, 0.1) is 0 Å². The van der Waals surface area contributed by atoms with E-state index in [4.69, 9.17) is 11.6 Å². The quantitative estimate of drug-likeness (QED) is 0.767. The molecule has 0 N–H and O–H groups in total. The third-order valence-corrected chi connectivity index (χ3v) is 3.42. The molecule has 2 heterocycles. The van der Waals surface area contributed by atoms with E-state index in [1.54, 1.807) is 39.8 Å². The van der Waals surface area contributed by atoms with Crippen molar-refractivity contribution >= 4 is 23.2 Å². The highest BCUT2D eigenvalue weighted by atomic mass is 35.5. The van der Waals surface area contributed by atoms with Crippen molar-refractivity contribution in [1.29, 1.82) is 0 Å². The number of aromatic nitrogens is 2. The third kappa shape index (κ3) is 3.00. The van der Waals surface area contributed by atoms with Crippen LogP contribution in [0.25, 0.3) is 5.65 Å². The number of pyridine rings is 1. The number of fused-ring (bicyclic) bond motifs is 1. The van der Waals surface area contributed by atoms with Crippen LogP contribution in [0.1, 0.15) is 23.1 Å². The van der Waals surface area contributed by atoms with Gasteiger partial charge in [-0.1, -0.05) is 30.7 Å². The summed E-state index contributed by atoms with van der Waals surface area (Å²) in [6.45, 7) is 10.3. The van der Waals surface area contributed by atoms with Crippen LogP contribution >= 0.6 is 11.6 Å². The van der Waals surface area contributed by atoms with Crippen LogP contribution in [-0.2, 0) is 6.42 Å². The Hall–Kier alpha value is -2.07. The molecule has 0 aliphatic carbocycles. The Labute approximate surface area is 129 Å². The van der Waals surface area contributed by atoms with Crippen molar-refractivity contribution in [2.45, 2.75) is 13.3 Å². The monoisotopic (exact) mass is 303 g/mol. The van der Waals surface area contributed by atoms with E-state index in [0.717, 1.165) is 5.69 Å². The van der Waals surface area contributed by atoms with Crippen molar-refractivity contribution in [3.8, 4) is 0 Å². The summed E-state index contributed by atoms with van der Waals surface area (Å²) in [6.07, 6.45) is 5.85. The Morgan fingerprint density at radius 1 is 1.43 bits per heavy atom. The molecular weight excluding hydrogens is 286 g/mol. The lowest BCUT2D eigenvalue weighted by Gasteiger charge is -2.19. The Bertz CT molecular complexity index is 680. The highest BCUT2D eigenvalue weighted by molar-refractivity contribution is 6.30. The molecule has 110 valence electrons. The highest BCUT2D eigenvalue weighted by Crippen LogP contribution is 2.19. The minimum absolute atomic E-state index is 0.0820. The Morgan fingerprint density at radius 2 is 2.10 bits per heavy atom. The number of hydrogen-bond acceptors (Lipinski definition) is 2. The van der Waals surface area contributed by atoms with E-state index in [2.05, 4.69) is 18.1 Å². The first-order chi connectivity index (χ1) is 10.1. The van der Waals surface area contributed by atoms with E-state index in [9.17, 15) is 4.79 Å². The third-order valence-electron chi connectivity index (χ3n) is 3.18. The number of hydrogen-bond donors (Lipinski definition) is 0. The molecule has 5 heteroatoms. The minimum atomic E-state index is -0.0820. The van der Waals surface area contributed by atoms with Gasteiger partial charge in [0.1, 0.15) is 11.3 Å². The molecule has 2 aromatic rings. The maximum atomic E-state index is 12.8. The maximum Gasteiger partial charge on any atom is 0.273 e. The average molecular weight is 304 g/mol. The fourth-order valence-electron chi connectivity index (χ4n) is 2.24. The molecule has 2 aromatic heterocycles. The van der Waals surface area contributed by atoms with E-state index in [-0.39, 0.29) is 5.91 Å². The average Bonchev–Trinajstić information content (AvgIpc) is 2.83. The Balaban J connectivity index is 2.54. The molecule has 0 aromatic carbocycles. The van der Waals surface area contributed by atoms with Gasteiger partial charge in [-0.3, -0.25) is 9.20 Å². The molecule has 1 amide bonds. The zero-order valence-corrected chi connectivity index (χ0v) is 12.8. The van der Waals surface area contributed by atoms with Gasteiger partial charge in [0.25, 0.3) is 5.91 Å². The number of nitrogens with zero attached hydrogens (tertiary/aromatic N) is 3. The molecule has 0 saturated carbocycles. The van der Waals surface area contributed by atoms with Crippen molar-refractivity contribution in [3.63, 3.8) is 0 Å². The van der Waals surface area contributed by atoms with Gasteiger partial charge in [-0.15, -0.1) is 13.2 Å². The molecule has 0 aliphatic heterocycles. The molecule has 0 aliphatic rings. The van der Waals surface area contributed by atoms with Crippen LogP contribution in [0.4, 0.5) is 0 Å². The summed E-state index contributed by atoms with van der Waals surface area (Å²) in [5.74, 6) is -0.0820. The van der Waals surface area contributed by atoms with Gasteiger partial charge in [-0.2, -0.15) is 0 Å². The molecule has 0 fully saturated rings. The lowest BCUT2D eigenvalue weighted by atomic mass is 10.2. The van der Waals surface area contributed by atoms with E-state index in [0.29, 0.717) is 35.9 Å². The van der Waals surface area contributed by atoms with Gasteiger partial charge in [-0.25, -0.2) is 4.98 Å². The predicted octanol–water partition coefficient (Wildman–Crippen LogP) is 3.36. The molecule has 2 rings (SSSR count). The van der Waals surface area contributed by atoms with Gasteiger partial charge < -0.3 is 4.90 Å². The minimum Gasteiger partial charge on any atom is -0.330 e. The largest absolute Gasteiger partial charge is 0.330 e. The van der Waals surface area contributed by atoms with Crippen molar-refractivity contribution in [2.24, 2.45) is 0 Å². The van der Waals surface area contributed by atoms with Crippen LogP contribution in [0.15, 0.2) is 43.6 Å². The Kier molecular flexibility index (Phi) is 4.81. The van der Waals surface area contributed by atoms with Gasteiger partial charge in [0.2, 0.25) is 0 Å².